The number of Topliss-reactive ketones (excluding diaryl/α,β-unsaturated/α-hetero) is 1. The summed E-state index contributed by atoms with van der Waals surface area (Å²) in [6.45, 7) is 0. The third-order valence-electron chi connectivity index (χ3n) is 3.38. The van der Waals surface area contributed by atoms with Gasteiger partial charge >= 0.3 is 5.97 Å². The molecule has 1 N–H and O–H groups in total. The number of aliphatic carboxylic acids is 1. The quantitative estimate of drug-likeness (QED) is 0.796. The zero-order valence-electron chi connectivity index (χ0n) is 12.4. The summed E-state index contributed by atoms with van der Waals surface area (Å²) in [4.78, 5) is 22.8. The largest absolute Gasteiger partial charge is 0.496 e. The van der Waals surface area contributed by atoms with Gasteiger partial charge in [-0.15, -0.1) is 0 Å². The van der Waals surface area contributed by atoms with Crippen LogP contribution in [-0.2, 0) is 11.2 Å². The van der Waals surface area contributed by atoms with Crippen LogP contribution in [0.1, 0.15) is 34.3 Å². The maximum absolute atomic E-state index is 12.2. The zero-order valence-corrected chi connectivity index (χ0v) is 12.4. The van der Waals surface area contributed by atoms with Crippen LogP contribution in [0.5, 0.6) is 5.75 Å². The number of benzene rings is 2. The van der Waals surface area contributed by atoms with Crippen molar-refractivity contribution in [2.24, 2.45) is 0 Å². The Bertz CT molecular complexity index is 662. The summed E-state index contributed by atoms with van der Waals surface area (Å²) in [5, 5.41) is 8.70. The van der Waals surface area contributed by atoms with E-state index < -0.39 is 5.97 Å². The lowest BCUT2D eigenvalue weighted by molar-refractivity contribution is -0.136. The molecule has 0 aliphatic heterocycles. The minimum absolute atomic E-state index is 0.0273. The van der Waals surface area contributed by atoms with Gasteiger partial charge in [-0.1, -0.05) is 36.4 Å². The third-order valence-corrected chi connectivity index (χ3v) is 3.38. The first kappa shape index (κ1) is 15.8. The molecule has 2 rings (SSSR count). The van der Waals surface area contributed by atoms with E-state index in [9.17, 15) is 9.59 Å². The van der Waals surface area contributed by atoms with Gasteiger partial charge in [-0.05, 0) is 29.7 Å². The number of carbonyl (C=O) groups is 2. The summed E-state index contributed by atoms with van der Waals surface area (Å²) in [5.41, 5.74) is 2.58. The fourth-order valence-electron chi connectivity index (χ4n) is 2.27. The van der Waals surface area contributed by atoms with Crippen LogP contribution in [0, 0.1) is 0 Å². The summed E-state index contributed by atoms with van der Waals surface area (Å²) in [7, 11) is 1.50. The van der Waals surface area contributed by atoms with Gasteiger partial charge in [0, 0.05) is 6.42 Å². The van der Waals surface area contributed by atoms with Gasteiger partial charge in [0.25, 0.3) is 0 Å². The normalized spacial score (nSPS) is 10.2. The molecule has 114 valence electrons. The first-order valence-corrected chi connectivity index (χ1v) is 7.06. The van der Waals surface area contributed by atoms with E-state index in [1.807, 2.05) is 36.4 Å². The van der Waals surface area contributed by atoms with Gasteiger partial charge in [-0.25, -0.2) is 0 Å². The number of hydrogen-bond donors (Lipinski definition) is 1. The van der Waals surface area contributed by atoms with Crippen LogP contribution in [0.4, 0.5) is 0 Å². The SMILES string of the molecule is COc1ccc(Cc2ccccc2)cc1C(=O)CCC(=O)O. The minimum atomic E-state index is -0.979. The van der Waals surface area contributed by atoms with E-state index in [4.69, 9.17) is 9.84 Å². The molecule has 4 nitrogen and oxygen atoms in total. The predicted molar refractivity (Wildman–Crippen MR) is 83.4 cm³/mol. The standard InChI is InChI=1S/C18H18O4/c1-22-17-9-7-14(11-13-5-3-2-4-6-13)12-15(17)16(19)8-10-18(20)21/h2-7,9,12H,8,10-11H2,1H3,(H,20,21). The molecule has 0 unspecified atom stereocenters. The van der Waals surface area contributed by atoms with E-state index in [1.54, 1.807) is 12.1 Å². The molecule has 0 bridgehead atoms. The van der Waals surface area contributed by atoms with Crippen molar-refractivity contribution >= 4 is 11.8 Å². The lowest BCUT2D eigenvalue weighted by Crippen LogP contribution is -2.06. The molecule has 0 aliphatic carbocycles. The molecule has 0 radical (unpaired) electrons. The second-order valence-electron chi connectivity index (χ2n) is 5.01. The highest BCUT2D eigenvalue weighted by molar-refractivity contribution is 6.00. The van der Waals surface area contributed by atoms with Gasteiger partial charge in [0.1, 0.15) is 5.75 Å². The molecule has 0 saturated carbocycles. The summed E-state index contributed by atoms with van der Waals surface area (Å²) in [6, 6.07) is 15.4. The van der Waals surface area contributed by atoms with E-state index >= 15 is 0 Å². The maximum atomic E-state index is 12.2. The van der Waals surface area contributed by atoms with Crippen molar-refractivity contribution in [2.75, 3.05) is 7.11 Å². The average molecular weight is 298 g/mol. The molecular formula is C18H18O4. The molecule has 0 saturated heterocycles. The Morgan fingerprint density at radius 3 is 2.36 bits per heavy atom. The number of rotatable bonds is 7. The Hall–Kier alpha value is -2.62. The van der Waals surface area contributed by atoms with E-state index in [0.717, 1.165) is 11.1 Å². The van der Waals surface area contributed by atoms with Crippen LogP contribution in [-0.4, -0.2) is 24.0 Å². The van der Waals surface area contributed by atoms with Crippen molar-refractivity contribution in [3.63, 3.8) is 0 Å². The predicted octanol–water partition coefficient (Wildman–Crippen LogP) is 3.33. The van der Waals surface area contributed by atoms with Gasteiger partial charge in [-0.2, -0.15) is 0 Å². The van der Waals surface area contributed by atoms with Crippen molar-refractivity contribution in [3.05, 3.63) is 65.2 Å². The fourth-order valence-corrected chi connectivity index (χ4v) is 2.27. The highest BCUT2D eigenvalue weighted by Gasteiger charge is 2.14. The lowest BCUT2D eigenvalue weighted by atomic mass is 9.99. The van der Waals surface area contributed by atoms with Crippen LogP contribution in [0.3, 0.4) is 0 Å². The Kier molecular flexibility index (Phi) is 5.31. The van der Waals surface area contributed by atoms with Crippen molar-refractivity contribution in [1.29, 1.82) is 0 Å². The summed E-state index contributed by atoms with van der Waals surface area (Å²) >= 11 is 0. The maximum Gasteiger partial charge on any atom is 0.303 e. The molecule has 0 heterocycles. The number of carbonyl (C=O) groups excluding carboxylic acids is 1. The molecule has 0 fully saturated rings. The summed E-state index contributed by atoms with van der Waals surface area (Å²) < 4.78 is 5.21. The average Bonchev–Trinajstić information content (AvgIpc) is 2.53. The van der Waals surface area contributed by atoms with Gasteiger partial charge < -0.3 is 9.84 Å². The summed E-state index contributed by atoms with van der Waals surface area (Å²) in [6.07, 6.45) is 0.509. The van der Waals surface area contributed by atoms with E-state index in [-0.39, 0.29) is 18.6 Å². The second-order valence-corrected chi connectivity index (χ2v) is 5.01. The molecule has 0 aliphatic rings. The molecule has 2 aromatic carbocycles. The Balaban J connectivity index is 2.22. The van der Waals surface area contributed by atoms with Crippen molar-refractivity contribution in [3.8, 4) is 5.75 Å². The van der Waals surface area contributed by atoms with Crippen LogP contribution in [0.15, 0.2) is 48.5 Å². The summed E-state index contributed by atoms with van der Waals surface area (Å²) in [5.74, 6) is -0.714. The first-order valence-electron chi connectivity index (χ1n) is 7.06. The molecule has 22 heavy (non-hydrogen) atoms. The van der Waals surface area contributed by atoms with Gasteiger partial charge in [0.15, 0.2) is 5.78 Å². The van der Waals surface area contributed by atoms with Gasteiger partial charge in [0.2, 0.25) is 0 Å². The number of ether oxygens (including phenoxy) is 1. The van der Waals surface area contributed by atoms with Crippen LogP contribution in [0.25, 0.3) is 0 Å². The third kappa shape index (κ3) is 4.19. The molecule has 0 spiro atoms. The van der Waals surface area contributed by atoms with Gasteiger partial charge in [-0.3, -0.25) is 9.59 Å². The Morgan fingerprint density at radius 2 is 1.73 bits per heavy atom. The first-order chi connectivity index (χ1) is 10.6. The molecule has 0 aromatic heterocycles. The Labute approximate surface area is 129 Å². The highest BCUT2D eigenvalue weighted by atomic mass is 16.5. The molecule has 2 aromatic rings. The van der Waals surface area contributed by atoms with Gasteiger partial charge in [0.05, 0.1) is 19.1 Å². The number of carboxylic acids is 1. The minimum Gasteiger partial charge on any atom is -0.496 e. The van der Waals surface area contributed by atoms with E-state index in [2.05, 4.69) is 0 Å². The van der Waals surface area contributed by atoms with Crippen molar-refractivity contribution < 1.29 is 19.4 Å². The van der Waals surface area contributed by atoms with E-state index in [0.29, 0.717) is 17.7 Å². The monoisotopic (exact) mass is 298 g/mol. The molecule has 4 heteroatoms. The van der Waals surface area contributed by atoms with Crippen molar-refractivity contribution in [2.45, 2.75) is 19.3 Å². The number of ketones is 1. The number of methoxy groups -OCH3 is 1. The van der Waals surface area contributed by atoms with Crippen LogP contribution >= 0.6 is 0 Å². The second kappa shape index (κ2) is 7.41. The van der Waals surface area contributed by atoms with Crippen molar-refractivity contribution in [1.82, 2.24) is 0 Å². The van der Waals surface area contributed by atoms with E-state index in [1.165, 1.54) is 7.11 Å². The highest BCUT2D eigenvalue weighted by Crippen LogP contribution is 2.23. The molecule has 0 amide bonds. The molecular weight excluding hydrogens is 280 g/mol. The smallest absolute Gasteiger partial charge is 0.303 e. The number of hydrogen-bond acceptors (Lipinski definition) is 3. The Morgan fingerprint density at radius 1 is 1.00 bits per heavy atom. The number of carboxylic acid groups (broad SMARTS) is 1. The topological polar surface area (TPSA) is 63.6 Å². The molecule has 0 atom stereocenters. The fraction of sp³-hybridized carbons (Fsp3) is 0.222. The lowest BCUT2D eigenvalue weighted by Gasteiger charge is -2.10. The zero-order chi connectivity index (χ0) is 15.9. The van der Waals surface area contributed by atoms with Crippen LogP contribution in [0.2, 0.25) is 0 Å². The van der Waals surface area contributed by atoms with Crippen LogP contribution < -0.4 is 4.74 Å².